The summed E-state index contributed by atoms with van der Waals surface area (Å²) in [5, 5.41) is 1.93. The van der Waals surface area contributed by atoms with Crippen molar-refractivity contribution in [2.75, 3.05) is 0 Å². The fourth-order valence-corrected chi connectivity index (χ4v) is 1.58. The minimum Gasteiger partial charge on any atom is -0.286 e. The maximum absolute atomic E-state index is 11.2. The highest BCUT2D eigenvalue weighted by Crippen LogP contribution is 2.18. The molecule has 0 saturated carbocycles. The lowest BCUT2D eigenvalue weighted by Gasteiger charge is -1.96. The fourth-order valence-electron chi connectivity index (χ4n) is 0.914. The quantitative estimate of drug-likeness (QED) is 0.676. The number of hydrogen-bond acceptors (Lipinski definition) is 4. The Kier molecular flexibility index (Phi) is 1.94. The topological polar surface area (TPSA) is 47.8 Å². The SMILES string of the molecule is Cn1cnc(-c2cccs2)nc1=O. The van der Waals surface area contributed by atoms with Crippen LogP contribution in [0.15, 0.2) is 28.6 Å². The van der Waals surface area contributed by atoms with Gasteiger partial charge in [0.05, 0.1) is 4.88 Å². The van der Waals surface area contributed by atoms with Gasteiger partial charge in [0.25, 0.3) is 0 Å². The normalized spacial score (nSPS) is 10.2. The Labute approximate surface area is 78.5 Å². The van der Waals surface area contributed by atoms with Crippen LogP contribution in [0.25, 0.3) is 10.7 Å². The molecule has 2 heterocycles. The average molecular weight is 193 g/mol. The Morgan fingerprint density at radius 1 is 1.54 bits per heavy atom. The number of hydrogen-bond donors (Lipinski definition) is 0. The molecule has 5 heteroatoms. The van der Waals surface area contributed by atoms with Crippen LogP contribution in [0.4, 0.5) is 0 Å². The highest BCUT2D eigenvalue weighted by Gasteiger charge is 2.02. The van der Waals surface area contributed by atoms with E-state index in [0.29, 0.717) is 5.82 Å². The van der Waals surface area contributed by atoms with E-state index in [4.69, 9.17) is 0 Å². The lowest BCUT2D eigenvalue weighted by molar-refractivity contribution is 0.776. The zero-order valence-electron chi connectivity index (χ0n) is 6.97. The molecule has 0 aliphatic carbocycles. The van der Waals surface area contributed by atoms with Crippen LogP contribution in [0.2, 0.25) is 0 Å². The van der Waals surface area contributed by atoms with Crippen LogP contribution in [0, 0.1) is 0 Å². The van der Waals surface area contributed by atoms with Crippen molar-refractivity contribution in [3.05, 3.63) is 34.3 Å². The minimum atomic E-state index is -0.279. The van der Waals surface area contributed by atoms with Gasteiger partial charge in [0.1, 0.15) is 6.33 Å². The van der Waals surface area contributed by atoms with Crippen molar-refractivity contribution in [1.29, 1.82) is 0 Å². The molecule has 0 atom stereocenters. The van der Waals surface area contributed by atoms with Gasteiger partial charge in [0.2, 0.25) is 0 Å². The molecule has 2 aromatic rings. The molecule has 0 spiro atoms. The van der Waals surface area contributed by atoms with E-state index >= 15 is 0 Å². The third-order valence-corrected chi connectivity index (χ3v) is 2.46. The van der Waals surface area contributed by atoms with E-state index in [9.17, 15) is 4.79 Å². The number of aromatic nitrogens is 3. The van der Waals surface area contributed by atoms with Crippen LogP contribution in [0.3, 0.4) is 0 Å². The first-order chi connectivity index (χ1) is 6.27. The minimum absolute atomic E-state index is 0.279. The van der Waals surface area contributed by atoms with Gasteiger partial charge in [-0.05, 0) is 11.4 Å². The van der Waals surface area contributed by atoms with Crippen LogP contribution >= 0.6 is 11.3 Å². The van der Waals surface area contributed by atoms with Gasteiger partial charge >= 0.3 is 5.69 Å². The van der Waals surface area contributed by atoms with Gasteiger partial charge in [-0.25, -0.2) is 9.78 Å². The van der Waals surface area contributed by atoms with Gasteiger partial charge in [-0.2, -0.15) is 4.98 Å². The Bertz CT molecular complexity index is 460. The standard InChI is InChI=1S/C8H7N3OS/c1-11-5-9-7(10-8(11)12)6-3-2-4-13-6/h2-5H,1H3. The molecule has 0 aromatic carbocycles. The second kappa shape index (κ2) is 3.10. The summed E-state index contributed by atoms with van der Waals surface area (Å²) >= 11 is 1.52. The molecule has 0 saturated heterocycles. The molecule has 0 amide bonds. The zero-order valence-corrected chi connectivity index (χ0v) is 7.78. The number of thiophene rings is 1. The highest BCUT2D eigenvalue weighted by atomic mass is 32.1. The van der Waals surface area contributed by atoms with Gasteiger partial charge in [-0.15, -0.1) is 11.3 Å². The van der Waals surface area contributed by atoms with Gasteiger partial charge in [-0.1, -0.05) is 6.07 Å². The van der Waals surface area contributed by atoms with Crippen molar-refractivity contribution in [1.82, 2.24) is 14.5 Å². The molecule has 2 aromatic heterocycles. The lowest BCUT2D eigenvalue weighted by Crippen LogP contribution is -2.20. The lowest BCUT2D eigenvalue weighted by atomic mass is 10.4. The Morgan fingerprint density at radius 3 is 3.00 bits per heavy atom. The molecule has 0 aliphatic rings. The van der Waals surface area contributed by atoms with Crippen LogP contribution in [-0.4, -0.2) is 14.5 Å². The van der Waals surface area contributed by atoms with Crippen molar-refractivity contribution in [2.24, 2.45) is 7.05 Å². The van der Waals surface area contributed by atoms with Crippen LogP contribution < -0.4 is 5.69 Å². The predicted molar refractivity (Wildman–Crippen MR) is 50.6 cm³/mol. The monoisotopic (exact) mass is 193 g/mol. The Hall–Kier alpha value is -1.49. The van der Waals surface area contributed by atoms with Crippen molar-refractivity contribution in [2.45, 2.75) is 0 Å². The van der Waals surface area contributed by atoms with E-state index in [0.717, 1.165) is 4.88 Å². The Morgan fingerprint density at radius 2 is 2.38 bits per heavy atom. The van der Waals surface area contributed by atoms with Crippen LogP contribution in [0.1, 0.15) is 0 Å². The van der Waals surface area contributed by atoms with E-state index in [1.54, 1.807) is 7.05 Å². The van der Waals surface area contributed by atoms with Gasteiger partial charge in [0, 0.05) is 7.05 Å². The summed E-state index contributed by atoms with van der Waals surface area (Å²) < 4.78 is 1.34. The zero-order chi connectivity index (χ0) is 9.26. The first-order valence-corrected chi connectivity index (χ1v) is 4.59. The summed E-state index contributed by atoms with van der Waals surface area (Å²) in [7, 11) is 1.63. The second-order valence-corrected chi connectivity index (χ2v) is 3.50. The molecule has 0 bridgehead atoms. The summed E-state index contributed by atoms with van der Waals surface area (Å²) in [6.07, 6.45) is 1.48. The van der Waals surface area contributed by atoms with Crippen molar-refractivity contribution in [3.63, 3.8) is 0 Å². The van der Waals surface area contributed by atoms with E-state index in [1.807, 2.05) is 17.5 Å². The average Bonchev–Trinajstić information content (AvgIpc) is 2.62. The highest BCUT2D eigenvalue weighted by molar-refractivity contribution is 7.13. The second-order valence-electron chi connectivity index (χ2n) is 2.55. The first-order valence-electron chi connectivity index (χ1n) is 3.71. The van der Waals surface area contributed by atoms with E-state index in [2.05, 4.69) is 9.97 Å². The van der Waals surface area contributed by atoms with Crippen LogP contribution in [-0.2, 0) is 7.05 Å². The van der Waals surface area contributed by atoms with E-state index < -0.39 is 0 Å². The van der Waals surface area contributed by atoms with Gasteiger partial charge in [-0.3, -0.25) is 4.57 Å². The van der Waals surface area contributed by atoms with Gasteiger partial charge in [0.15, 0.2) is 5.82 Å². The summed E-state index contributed by atoms with van der Waals surface area (Å²) in [5.41, 5.74) is -0.279. The van der Waals surface area contributed by atoms with Crippen LogP contribution in [0.5, 0.6) is 0 Å². The maximum Gasteiger partial charge on any atom is 0.350 e. The van der Waals surface area contributed by atoms with Crippen molar-refractivity contribution >= 4 is 11.3 Å². The number of rotatable bonds is 1. The van der Waals surface area contributed by atoms with Crippen molar-refractivity contribution < 1.29 is 0 Å². The number of aryl methyl sites for hydroxylation is 1. The summed E-state index contributed by atoms with van der Waals surface area (Å²) in [6.45, 7) is 0. The molecule has 4 nitrogen and oxygen atoms in total. The summed E-state index contributed by atoms with van der Waals surface area (Å²) in [4.78, 5) is 19.9. The number of nitrogens with zero attached hydrogens (tertiary/aromatic N) is 3. The van der Waals surface area contributed by atoms with Gasteiger partial charge < -0.3 is 0 Å². The summed E-state index contributed by atoms with van der Waals surface area (Å²) in [6, 6.07) is 3.79. The van der Waals surface area contributed by atoms with E-state index in [-0.39, 0.29) is 5.69 Å². The third-order valence-electron chi connectivity index (χ3n) is 1.60. The molecule has 0 aliphatic heterocycles. The first kappa shape index (κ1) is 8.12. The third kappa shape index (κ3) is 1.50. The molecule has 0 fully saturated rings. The largest absolute Gasteiger partial charge is 0.350 e. The fraction of sp³-hybridized carbons (Fsp3) is 0.125. The molecule has 13 heavy (non-hydrogen) atoms. The van der Waals surface area contributed by atoms with E-state index in [1.165, 1.54) is 22.2 Å². The molecule has 0 unspecified atom stereocenters. The molecule has 66 valence electrons. The maximum atomic E-state index is 11.2. The Balaban J connectivity index is 2.55. The molecule has 2 rings (SSSR count). The van der Waals surface area contributed by atoms with Crippen molar-refractivity contribution in [3.8, 4) is 10.7 Å². The summed E-state index contributed by atoms with van der Waals surface area (Å²) in [5.74, 6) is 0.498. The molecule has 0 N–H and O–H groups in total. The molecule has 0 radical (unpaired) electrons. The molecular formula is C8H7N3OS. The molecular weight excluding hydrogens is 186 g/mol. The smallest absolute Gasteiger partial charge is 0.286 e. The predicted octanol–water partition coefficient (Wildman–Crippen LogP) is 0.904.